The summed E-state index contributed by atoms with van der Waals surface area (Å²) in [5, 5.41) is 1.29. The van der Waals surface area contributed by atoms with Crippen molar-refractivity contribution in [2.45, 2.75) is 0 Å². The molecule has 0 saturated heterocycles. The summed E-state index contributed by atoms with van der Waals surface area (Å²) in [6.07, 6.45) is 1.48. The first-order valence-electron chi connectivity index (χ1n) is 10.1. The molecule has 0 aliphatic heterocycles. The van der Waals surface area contributed by atoms with Gasteiger partial charge in [-0.05, 0) is 68.7 Å². The molecule has 0 atom stereocenters. The number of halogens is 2. The Balaban J connectivity index is 1.85. The van der Waals surface area contributed by atoms with Gasteiger partial charge in [-0.1, -0.05) is 23.2 Å². The molecule has 0 fully saturated rings. The summed E-state index contributed by atoms with van der Waals surface area (Å²) in [6, 6.07) is 15.6. The van der Waals surface area contributed by atoms with Crippen LogP contribution in [-0.2, 0) is 4.79 Å². The van der Waals surface area contributed by atoms with E-state index in [1.807, 2.05) is 43.3 Å². The van der Waals surface area contributed by atoms with E-state index in [0.29, 0.717) is 44.7 Å². The lowest BCUT2D eigenvalue weighted by atomic mass is 10.1. The molecule has 0 radical (unpaired) electrons. The van der Waals surface area contributed by atoms with E-state index in [9.17, 15) is 9.59 Å². The molecule has 0 unspecified atom stereocenters. The van der Waals surface area contributed by atoms with Crippen LogP contribution in [0, 0.1) is 0 Å². The number of nitrogens with zero attached hydrogens (tertiary/aromatic N) is 5. The van der Waals surface area contributed by atoms with E-state index >= 15 is 0 Å². The van der Waals surface area contributed by atoms with E-state index in [-0.39, 0.29) is 11.5 Å². The second-order valence-electron chi connectivity index (χ2n) is 7.81. The Morgan fingerprint density at radius 3 is 2.30 bits per heavy atom. The van der Waals surface area contributed by atoms with Crippen LogP contribution >= 0.6 is 23.2 Å². The van der Waals surface area contributed by atoms with Gasteiger partial charge >= 0.3 is 0 Å². The lowest BCUT2D eigenvalue weighted by Gasteiger charge is -2.20. The first-order valence-corrected chi connectivity index (χ1v) is 10.9. The van der Waals surface area contributed by atoms with Crippen LogP contribution in [-0.4, -0.2) is 53.0 Å². The molecular weight excluding hydrogens is 461 g/mol. The number of fused-ring (bicyclic) bond motifs is 1. The fourth-order valence-corrected chi connectivity index (χ4v) is 3.70. The molecule has 2 aromatic carbocycles. The molecule has 4 rings (SSSR count). The maximum Gasteiger partial charge on any atom is 0.267 e. The molecule has 0 bridgehead atoms. The van der Waals surface area contributed by atoms with E-state index in [4.69, 9.17) is 28.2 Å². The van der Waals surface area contributed by atoms with Crippen molar-refractivity contribution < 1.29 is 4.79 Å². The van der Waals surface area contributed by atoms with E-state index < -0.39 is 0 Å². The van der Waals surface area contributed by atoms with E-state index in [1.165, 1.54) is 10.8 Å². The van der Waals surface area contributed by atoms with Crippen molar-refractivity contribution in [1.82, 2.24) is 19.4 Å². The molecule has 1 amide bonds. The van der Waals surface area contributed by atoms with Gasteiger partial charge in [-0.25, -0.2) is 14.5 Å². The second-order valence-corrected chi connectivity index (χ2v) is 8.68. The molecular formula is C24H21Cl2N5O2. The normalized spacial score (nSPS) is 11.2. The highest BCUT2D eigenvalue weighted by atomic mass is 35.5. The molecule has 0 spiro atoms. The van der Waals surface area contributed by atoms with Crippen molar-refractivity contribution in [2.75, 3.05) is 32.6 Å². The van der Waals surface area contributed by atoms with Crippen molar-refractivity contribution in [3.05, 3.63) is 81.2 Å². The van der Waals surface area contributed by atoms with Crippen LogP contribution in [0.2, 0.25) is 10.0 Å². The van der Waals surface area contributed by atoms with Crippen molar-refractivity contribution in [3.8, 4) is 17.2 Å². The lowest BCUT2D eigenvalue weighted by molar-refractivity contribution is -0.118. The lowest BCUT2D eigenvalue weighted by Crippen LogP contribution is -2.34. The quantitative estimate of drug-likeness (QED) is 0.425. The summed E-state index contributed by atoms with van der Waals surface area (Å²) in [4.78, 5) is 38.3. The number of anilines is 1. The second kappa shape index (κ2) is 9.31. The van der Waals surface area contributed by atoms with Gasteiger partial charge in [0, 0.05) is 29.5 Å². The van der Waals surface area contributed by atoms with Crippen molar-refractivity contribution in [2.24, 2.45) is 0 Å². The Morgan fingerprint density at radius 2 is 1.67 bits per heavy atom. The van der Waals surface area contributed by atoms with Crippen LogP contribution in [0.25, 0.3) is 28.1 Å². The summed E-state index contributed by atoms with van der Waals surface area (Å²) in [5.41, 5.74) is 1.65. The summed E-state index contributed by atoms with van der Waals surface area (Å²) in [7, 11) is 5.42. The Bertz CT molecular complexity index is 1380. The van der Waals surface area contributed by atoms with Gasteiger partial charge in [0.1, 0.15) is 11.6 Å². The minimum absolute atomic E-state index is 0.0317. The van der Waals surface area contributed by atoms with Crippen LogP contribution in [0.15, 0.2) is 65.6 Å². The van der Waals surface area contributed by atoms with E-state index in [2.05, 4.69) is 4.98 Å². The summed E-state index contributed by atoms with van der Waals surface area (Å²) >= 11 is 12.1. The average Bonchev–Trinajstić information content (AvgIpc) is 2.79. The average molecular weight is 482 g/mol. The zero-order valence-corrected chi connectivity index (χ0v) is 19.8. The number of aromatic nitrogens is 3. The van der Waals surface area contributed by atoms with Gasteiger partial charge in [0.05, 0.1) is 22.5 Å². The first kappa shape index (κ1) is 22.9. The molecule has 168 valence electrons. The van der Waals surface area contributed by atoms with Gasteiger partial charge in [0.2, 0.25) is 5.91 Å². The highest BCUT2D eigenvalue weighted by molar-refractivity contribution is 6.31. The summed E-state index contributed by atoms with van der Waals surface area (Å²) in [5.74, 6) is 0.769. The Morgan fingerprint density at radius 1 is 0.970 bits per heavy atom. The molecule has 33 heavy (non-hydrogen) atoms. The molecule has 7 nitrogen and oxygen atoms in total. The molecule has 0 saturated carbocycles. The molecule has 9 heteroatoms. The van der Waals surface area contributed by atoms with Gasteiger partial charge in [-0.2, -0.15) is 0 Å². The number of hydrogen-bond acceptors (Lipinski definition) is 5. The van der Waals surface area contributed by atoms with Crippen LogP contribution in [0.5, 0.6) is 0 Å². The number of rotatable bonds is 5. The zero-order chi connectivity index (χ0) is 23.7. The number of pyridine rings is 1. The number of benzene rings is 2. The zero-order valence-electron chi connectivity index (χ0n) is 18.3. The minimum Gasteiger partial charge on any atom is -0.314 e. The van der Waals surface area contributed by atoms with Crippen molar-refractivity contribution in [1.29, 1.82) is 0 Å². The topological polar surface area (TPSA) is 71.3 Å². The molecule has 2 aromatic heterocycles. The van der Waals surface area contributed by atoms with Gasteiger partial charge in [0.25, 0.3) is 5.56 Å². The summed E-state index contributed by atoms with van der Waals surface area (Å²) < 4.78 is 1.44. The maximum absolute atomic E-state index is 13.5. The molecule has 0 aliphatic carbocycles. The van der Waals surface area contributed by atoms with Crippen molar-refractivity contribution >= 4 is 45.7 Å². The third kappa shape index (κ3) is 4.75. The van der Waals surface area contributed by atoms with Gasteiger partial charge < -0.3 is 9.80 Å². The summed E-state index contributed by atoms with van der Waals surface area (Å²) in [6.45, 7) is 0.300. The minimum atomic E-state index is -0.297. The predicted molar refractivity (Wildman–Crippen MR) is 133 cm³/mol. The smallest absolute Gasteiger partial charge is 0.267 e. The van der Waals surface area contributed by atoms with Gasteiger partial charge in [-0.15, -0.1) is 0 Å². The Hall–Kier alpha value is -3.26. The SMILES string of the molecule is CN(C)CC(=O)N(C)c1ccc(-c2nc3ccc(Cl)cc3c(=O)n2-c2ccc(Cl)cn2)cc1. The number of carbonyl (C=O) groups excluding carboxylic acids is 1. The van der Waals surface area contributed by atoms with E-state index in [0.717, 1.165) is 5.69 Å². The molecule has 0 N–H and O–H groups in total. The highest BCUT2D eigenvalue weighted by Gasteiger charge is 2.17. The van der Waals surface area contributed by atoms with Crippen LogP contribution in [0.1, 0.15) is 0 Å². The fourth-order valence-electron chi connectivity index (χ4n) is 3.42. The molecule has 2 heterocycles. The van der Waals surface area contributed by atoms with Gasteiger partial charge in [0.15, 0.2) is 0 Å². The van der Waals surface area contributed by atoms with Crippen LogP contribution in [0.3, 0.4) is 0 Å². The monoisotopic (exact) mass is 481 g/mol. The first-order chi connectivity index (χ1) is 15.7. The van der Waals surface area contributed by atoms with Gasteiger partial charge in [-0.3, -0.25) is 9.59 Å². The number of hydrogen-bond donors (Lipinski definition) is 0. The third-order valence-corrected chi connectivity index (χ3v) is 5.57. The Kier molecular flexibility index (Phi) is 6.47. The number of amides is 1. The maximum atomic E-state index is 13.5. The molecule has 4 aromatic rings. The van der Waals surface area contributed by atoms with Crippen molar-refractivity contribution in [3.63, 3.8) is 0 Å². The number of likely N-dealkylation sites (N-methyl/N-ethyl adjacent to an activating group) is 2. The van der Waals surface area contributed by atoms with E-state index in [1.54, 1.807) is 42.3 Å². The standard InChI is InChI=1S/C24H21Cl2N5O2/c1-29(2)14-22(32)30(3)18-8-4-15(5-9-18)23-28-20-10-6-16(25)12-19(20)24(33)31(23)21-11-7-17(26)13-27-21/h4-13H,14H2,1-3H3. The number of carbonyl (C=O) groups is 1. The van der Waals surface area contributed by atoms with Crippen LogP contribution in [0.4, 0.5) is 5.69 Å². The predicted octanol–water partition coefficient (Wildman–Crippen LogP) is 4.28. The third-order valence-electron chi connectivity index (χ3n) is 5.11. The van der Waals surface area contributed by atoms with Crippen LogP contribution < -0.4 is 10.5 Å². The molecule has 0 aliphatic rings. The Labute approximate surface area is 200 Å². The highest BCUT2D eigenvalue weighted by Crippen LogP contribution is 2.25. The fraction of sp³-hybridized carbons (Fsp3) is 0.167. The largest absolute Gasteiger partial charge is 0.314 e.